The predicted octanol–water partition coefficient (Wildman–Crippen LogP) is 4.94. The van der Waals surface area contributed by atoms with E-state index in [1.54, 1.807) is 12.1 Å². The third-order valence-corrected chi connectivity index (χ3v) is 6.02. The number of fused-ring (bicyclic) bond motifs is 2. The molecule has 2 saturated heterocycles. The molecule has 34 heavy (non-hydrogen) atoms. The van der Waals surface area contributed by atoms with Crippen molar-refractivity contribution in [2.75, 3.05) is 25.6 Å². The van der Waals surface area contributed by atoms with Crippen LogP contribution in [0.15, 0.2) is 36.7 Å². The first kappa shape index (κ1) is 22.9. The van der Waals surface area contributed by atoms with E-state index in [-0.39, 0.29) is 29.7 Å². The number of nitrogens with one attached hydrogen (secondary N) is 1. The second-order valence-electron chi connectivity index (χ2n) is 7.83. The zero-order valence-electron chi connectivity index (χ0n) is 17.6. The fraction of sp³-hybridized carbons (Fsp3) is 0.364. The van der Waals surface area contributed by atoms with Crippen molar-refractivity contribution < 1.29 is 36.5 Å². The Labute approximate surface area is 195 Å². The van der Waals surface area contributed by atoms with Crippen LogP contribution in [0.1, 0.15) is 5.56 Å². The lowest BCUT2D eigenvalue weighted by Crippen LogP contribution is -2.33. The Kier molecular flexibility index (Phi) is 5.86. The summed E-state index contributed by atoms with van der Waals surface area (Å²) in [5, 5.41) is 3.39. The lowest BCUT2D eigenvalue weighted by atomic mass is 10.1. The number of anilines is 2. The monoisotopic (exact) mass is 499 g/mol. The SMILES string of the molecule is COc1cc2c(Nc3cc(C(F)(F)F)ccc3Cl)ncnc2cc1O[C@@H]1CO[C@@H]2C1OC[C@H]2F. The highest BCUT2D eigenvalue weighted by Crippen LogP contribution is 2.39. The van der Waals surface area contributed by atoms with Gasteiger partial charge in [-0.05, 0) is 24.3 Å². The van der Waals surface area contributed by atoms with Gasteiger partial charge in [0.05, 0.1) is 42.1 Å². The number of ether oxygens (including phenoxy) is 4. The summed E-state index contributed by atoms with van der Waals surface area (Å²) in [6.07, 6.45) is -6.24. The van der Waals surface area contributed by atoms with E-state index < -0.39 is 36.2 Å². The maximum atomic E-state index is 13.9. The molecule has 0 bridgehead atoms. The molecule has 0 amide bonds. The van der Waals surface area contributed by atoms with Gasteiger partial charge >= 0.3 is 6.18 Å². The normalized spacial score (nSPS) is 24.3. The number of aromatic nitrogens is 2. The number of benzene rings is 2. The summed E-state index contributed by atoms with van der Waals surface area (Å²) < 4.78 is 75.7. The summed E-state index contributed by atoms with van der Waals surface area (Å²) in [6.45, 7) is 0.103. The zero-order valence-corrected chi connectivity index (χ0v) is 18.4. The van der Waals surface area contributed by atoms with Crippen LogP contribution in [-0.2, 0) is 15.7 Å². The second-order valence-corrected chi connectivity index (χ2v) is 8.24. The molecule has 3 aromatic rings. The number of hydrogen-bond acceptors (Lipinski definition) is 7. The molecule has 0 aliphatic carbocycles. The van der Waals surface area contributed by atoms with Crippen molar-refractivity contribution in [3.63, 3.8) is 0 Å². The molecule has 4 atom stereocenters. The van der Waals surface area contributed by atoms with Crippen molar-refractivity contribution in [2.45, 2.75) is 30.7 Å². The average molecular weight is 500 g/mol. The topological polar surface area (TPSA) is 74.7 Å². The third-order valence-electron chi connectivity index (χ3n) is 5.69. The van der Waals surface area contributed by atoms with Crippen molar-refractivity contribution in [3.05, 3.63) is 47.2 Å². The third kappa shape index (κ3) is 4.19. The highest BCUT2D eigenvalue weighted by Gasteiger charge is 2.49. The maximum absolute atomic E-state index is 13.9. The van der Waals surface area contributed by atoms with Gasteiger partial charge in [0.2, 0.25) is 0 Å². The van der Waals surface area contributed by atoms with Gasteiger partial charge in [0, 0.05) is 11.5 Å². The summed E-state index contributed by atoms with van der Waals surface area (Å²) in [7, 11) is 1.44. The van der Waals surface area contributed by atoms with E-state index in [1.807, 2.05) is 0 Å². The van der Waals surface area contributed by atoms with Gasteiger partial charge in [-0.2, -0.15) is 13.2 Å². The van der Waals surface area contributed by atoms with Gasteiger partial charge in [-0.3, -0.25) is 0 Å². The molecule has 1 N–H and O–H groups in total. The van der Waals surface area contributed by atoms with Crippen LogP contribution < -0.4 is 14.8 Å². The number of methoxy groups -OCH3 is 1. The Morgan fingerprint density at radius 3 is 2.62 bits per heavy atom. The molecule has 0 spiro atoms. The fourth-order valence-electron chi connectivity index (χ4n) is 4.02. The van der Waals surface area contributed by atoms with Gasteiger partial charge in [0.1, 0.15) is 24.4 Å². The van der Waals surface area contributed by atoms with E-state index in [0.717, 1.165) is 18.2 Å². The van der Waals surface area contributed by atoms with Crippen LogP contribution in [0.3, 0.4) is 0 Å². The first-order chi connectivity index (χ1) is 16.2. The molecule has 3 heterocycles. The molecule has 2 aliphatic heterocycles. The van der Waals surface area contributed by atoms with E-state index in [9.17, 15) is 17.6 Å². The average Bonchev–Trinajstić information content (AvgIpc) is 3.37. The largest absolute Gasteiger partial charge is 0.493 e. The summed E-state index contributed by atoms with van der Waals surface area (Å²) in [5.74, 6) is 0.871. The molecule has 7 nitrogen and oxygen atoms in total. The van der Waals surface area contributed by atoms with Crippen molar-refractivity contribution in [1.82, 2.24) is 9.97 Å². The molecule has 5 rings (SSSR count). The number of hydrogen-bond donors (Lipinski definition) is 1. The maximum Gasteiger partial charge on any atom is 0.416 e. The molecule has 2 aliphatic rings. The molecule has 2 fully saturated rings. The number of rotatable bonds is 5. The lowest BCUT2D eigenvalue weighted by molar-refractivity contribution is -0.137. The van der Waals surface area contributed by atoms with Crippen molar-refractivity contribution in [2.24, 2.45) is 0 Å². The van der Waals surface area contributed by atoms with Crippen LogP contribution in [0.5, 0.6) is 11.5 Å². The summed E-state index contributed by atoms with van der Waals surface area (Å²) >= 11 is 6.11. The van der Waals surface area contributed by atoms with Gasteiger partial charge in [0.25, 0.3) is 0 Å². The van der Waals surface area contributed by atoms with E-state index in [0.29, 0.717) is 22.4 Å². The summed E-state index contributed by atoms with van der Waals surface area (Å²) in [6, 6.07) is 6.15. The van der Waals surface area contributed by atoms with E-state index in [4.69, 9.17) is 30.5 Å². The quantitative estimate of drug-likeness (QED) is 0.498. The number of halogens is 5. The lowest BCUT2D eigenvalue weighted by Gasteiger charge is -2.20. The molecular formula is C22H18ClF4N3O4. The Morgan fingerprint density at radius 2 is 1.85 bits per heavy atom. The van der Waals surface area contributed by atoms with Crippen molar-refractivity contribution >= 4 is 34.0 Å². The molecule has 1 aromatic heterocycles. The van der Waals surface area contributed by atoms with Crippen LogP contribution in [-0.4, -0.2) is 54.8 Å². The van der Waals surface area contributed by atoms with Gasteiger partial charge < -0.3 is 24.3 Å². The van der Waals surface area contributed by atoms with Crippen LogP contribution in [0, 0.1) is 0 Å². The highest BCUT2D eigenvalue weighted by molar-refractivity contribution is 6.33. The second kappa shape index (κ2) is 8.71. The Balaban J connectivity index is 1.47. The van der Waals surface area contributed by atoms with Gasteiger partial charge in [0.15, 0.2) is 23.8 Å². The zero-order chi connectivity index (χ0) is 24.0. The summed E-state index contributed by atoms with van der Waals surface area (Å²) in [4.78, 5) is 8.38. The predicted molar refractivity (Wildman–Crippen MR) is 115 cm³/mol. The van der Waals surface area contributed by atoms with E-state index >= 15 is 0 Å². The number of alkyl halides is 4. The van der Waals surface area contributed by atoms with E-state index in [1.165, 1.54) is 13.4 Å². The van der Waals surface area contributed by atoms with E-state index in [2.05, 4.69) is 15.3 Å². The molecule has 0 radical (unpaired) electrons. The molecule has 180 valence electrons. The van der Waals surface area contributed by atoms with Crippen LogP contribution in [0.4, 0.5) is 29.1 Å². The van der Waals surface area contributed by atoms with Crippen LogP contribution >= 0.6 is 11.6 Å². The minimum atomic E-state index is -4.53. The number of nitrogens with zero attached hydrogens (tertiary/aromatic N) is 2. The van der Waals surface area contributed by atoms with Gasteiger partial charge in [-0.1, -0.05) is 11.6 Å². The highest BCUT2D eigenvalue weighted by atomic mass is 35.5. The Bertz CT molecular complexity index is 1230. The molecule has 2 aromatic carbocycles. The molecule has 0 saturated carbocycles. The minimum Gasteiger partial charge on any atom is -0.493 e. The first-order valence-corrected chi connectivity index (χ1v) is 10.6. The standard InChI is InChI=1S/C22H18ClF4N3O4/c1-31-16-5-11-14(6-17(16)34-18-8-33-19-13(24)7-32-20(18)19)28-9-29-21(11)30-15-4-10(22(25,26)27)2-3-12(15)23/h2-6,9,13,18-20H,7-8H2,1H3,(H,28,29,30)/t13-,18-,19+,20?/m1/s1. The van der Waals surface area contributed by atoms with Gasteiger partial charge in [-0.15, -0.1) is 0 Å². The smallest absolute Gasteiger partial charge is 0.416 e. The van der Waals surface area contributed by atoms with Gasteiger partial charge in [-0.25, -0.2) is 14.4 Å². The Hall–Kier alpha value is -2.89. The van der Waals surface area contributed by atoms with Crippen LogP contribution in [0.25, 0.3) is 10.9 Å². The van der Waals surface area contributed by atoms with Crippen molar-refractivity contribution in [3.8, 4) is 11.5 Å². The van der Waals surface area contributed by atoms with Crippen molar-refractivity contribution in [1.29, 1.82) is 0 Å². The van der Waals surface area contributed by atoms with Crippen LogP contribution in [0.2, 0.25) is 5.02 Å². The fourth-order valence-corrected chi connectivity index (χ4v) is 4.19. The molecule has 1 unspecified atom stereocenters. The molecule has 12 heteroatoms. The minimum absolute atomic E-state index is 0.0316. The summed E-state index contributed by atoms with van der Waals surface area (Å²) in [5.41, 5.74) is -0.389. The Morgan fingerprint density at radius 1 is 1.06 bits per heavy atom. The molecular weight excluding hydrogens is 482 g/mol. The first-order valence-electron chi connectivity index (χ1n) is 10.2.